The second-order valence-corrected chi connectivity index (χ2v) is 6.78. The number of hydrogen-bond donors (Lipinski definition) is 0. The van der Waals surface area contributed by atoms with Gasteiger partial charge in [0.2, 0.25) is 0 Å². The number of Topliss-reactive ketones (excluding diaryl/α,β-unsaturated/α-hetero) is 1. The van der Waals surface area contributed by atoms with Gasteiger partial charge in [-0.2, -0.15) is 0 Å². The van der Waals surface area contributed by atoms with Crippen LogP contribution in [0.25, 0.3) is 10.1 Å². The van der Waals surface area contributed by atoms with Crippen molar-refractivity contribution in [3.8, 4) is 0 Å². The number of carbonyl (C=O) groups is 1. The molecule has 0 spiro atoms. The van der Waals surface area contributed by atoms with E-state index < -0.39 is 0 Å². The smallest absolute Gasteiger partial charge is 0.140 e. The van der Waals surface area contributed by atoms with E-state index in [-0.39, 0.29) is 0 Å². The summed E-state index contributed by atoms with van der Waals surface area (Å²) in [5, 5.41) is 3.43. The van der Waals surface area contributed by atoms with Crippen molar-refractivity contribution in [3.63, 3.8) is 0 Å². The molecule has 2 aromatic rings. The van der Waals surface area contributed by atoms with Crippen LogP contribution in [0.5, 0.6) is 0 Å². The highest BCUT2D eigenvalue weighted by Gasteiger charge is 2.25. The SMILES string of the molecule is CC1CCCC(C(=O)Cc2csc3ccccc23)C1. The predicted molar refractivity (Wildman–Crippen MR) is 81.7 cm³/mol. The van der Waals surface area contributed by atoms with Crippen LogP contribution in [-0.4, -0.2) is 5.78 Å². The van der Waals surface area contributed by atoms with Crippen LogP contribution in [0.4, 0.5) is 0 Å². The van der Waals surface area contributed by atoms with Gasteiger partial charge < -0.3 is 0 Å². The zero-order valence-electron chi connectivity index (χ0n) is 11.4. The van der Waals surface area contributed by atoms with Crippen molar-refractivity contribution in [1.29, 1.82) is 0 Å². The predicted octanol–water partition coefficient (Wildman–Crippen LogP) is 4.84. The lowest BCUT2D eigenvalue weighted by atomic mass is 9.79. The average Bonchev–Trinajstić information content (AvgIpc) is 2.82. The van der Waals surface area contributed by atoms with Crippen LogP contribution in [0, 0.1) is 11.8 Å². The number of fused-ring (bicyclic) bond motifs is 1. The lowest BCUT2D eigenvalue weighted by molar-refractivity contribution is -0.123. The minimum atomic E-state index is 0.308. The second kappa shape index (κ2) is 5.46. The van der Waals surface area contributed by atoms with E-state index in [1.807, 2.05) is 0 Å². The maximum atomic E-state index is 12.5. The molecule has 0 aliphatic heterocycles. The fourth-order valence-corrected chi connectivity index (χ4v) is 4.19. The minimum Gasteiger partial charge on any atom is -0.299 e. The summed E-state index contributed by atoms with van der Waals surface area (Å²) in [7, 11) is 0. The van der Waals surface area contributed by atoms with Gasteiger partial charge in [-0.25, -0.2) is 0 Å². The molecular formula is C17H20OS. The summed E-state index contributed by atoms with van der Waals surface area (Å²) in [5.74, 6) is 1.49. The molecule has 1 heterocycles. The summed E-state index contributed by atoms with van der Waals surface area (Å²) in [5.41, 5.74) is 1.23. The summed E-state index contributed by atoms with van der Waals surface area (Å²) in [6, 6.07) is 8.40. The van der Waals surface area contributed by atoms with Crippen molar-refractivity contribution < 1.29 is 4.79 Å². The number of benzene rings is 1. The third-order valence-corrected chi connectivity index (χ3v) is 5.33. The second-order valence-electron chi connectivity index (χ2n) is 5.87. The van der Waals surface area contributed by atoms with Crippen molar-refractivity contribution in [3.05, 3.63) is 35.2 Å². The van der Waals surface area contributed by atoms with E-state index in [1.165, 1.54) is 28.5 Å². The van der Waals surface area contributed by atoms with Gasteiger partial charge in [-0.05, 0) is 41.2 Å². The van der Waals surface area contributed by atoms with E-state index in [2.05, 4.69) is 36.6 Å². The van der Waals surface area contributed by atoms with Gasteiger partial charge in [0.1, 0.15) is 5.78 Å². The number of thiophene rings is 1. The number of ketones is 1. The van der Waals surface area contributed by atoms with Crippen molar-refractivity contribution in [2.75, 3.05) is 0 Å². The van der Waals surface area contributed by atoms with Crippen molar-refractivity contribution >= 4 is 27.2 Å². The zero-order valence-corrected chi connectivity index (χ0v) is 12.2. The van der Waals surface area contributed by atoms with E-state index in [0.717, 1.165) is 18.8 Å². The topological polar surface area (TPSA) is 17.1 Å². The highest BCUT2D eigenvalue weighted by molar-refractivity contribution is 7.17. The van der Waals surface area contributed by atoms with E-state index in [4.69, 9.17) is 0 Å². The van der Waals surface area contributed by atoms with Crippen LogP contribution in [0.3, 0.4) is 0 Å². The van der Waals surface area contributed by atoms with Crippen molar-refractivity contribution in [1.82, 2.24) is 0 Å². The molecule has 100 valence electrons. The Labute approximate surface area is 118 Å². The summed E-state index contributed by atoms with van der Waals surface area (Å²) >= 11 is 1.75. The van der Waals surface area contributed by atoms with Crippen LogP contribution in [-0.2, 0) is 11.2 Å². The fraction of sp³-hybridized carbons (Fsp3) is 0.471. The molecule has 2 unspecified atom stereocenters. The van der Waals surface area contributed by atoms with Crippen LogP contribution in [0.1, 0.15) is 38.2 Å². The molecule has 1 fully saturated rings. The molecule has 1 aliphatic carbocycles. The van der Waals surface area contributed by atoms with Gasteiger partial charge in [0.05, 0.1) is 0 Å². The van der Waals surface area contributed by atoms with Gasteiger partial charge in [0.25, 0.3) is 0 Å². The Kier molecular flexibility index (Phi) is 3.69. The van der Waals surface area contributed by atoms with Gasteiger partial charge >= 0.3 is 0 Å². The monoisotopic (exact) mass is 272 g/mol. The molecule has 0 amide bonds. The summed E-state index contributed by atoms with van der Waals surface area (Å²) < 4.78 is 1.29. The molecule has 1 saturated carbocycles. The van der Waals surface area contributed by atoms with Crippen LogP contribution >= 0.6 is 11.3 Å². The van der Waals surface area contributed by atoms with E-state index in [9.17, 15) is 4.79 Å². The fourth-order valence-electron chi connectivity index (χ4n) is 3.23. The Hall–Kier alpha value is -1.15. The van der Waals surface area contributed by atoms with Gasteiger partial charge in [0.15, 0.2) is 0 Å². The molecule has 0 radical (unpaired) electrons. The van der Waals surface area contributed by atoms with Gasteiger partial charge in [-0.1, -0.05) is 38.0 Å². The maximum absolute atomic E-state index is 12.5. The van der Waals surface area contributed by atoms with Crippen molar-refractivity contribution in [2.45, 2.75) is 39.0 Å². The summed E-state index contributed by atoms with van der Waals surface area (Å²) in [6.07, 6.45) is 5.35. The molecule has 2 atom stereocenters. The summed E-state index contributed by atoms with van der Waals surface area (Å²) in [6.45, 7) is 2.28. The first kappa shape index (κ1) is 12.9. The highest BCUT2D eigenvalue weighted by Crippen LogP contribution is 2.32. The molecule has 0 saturated heterocycles. The Morgan fingerprint density at radius 1 is 1.32 bits per heavy atom. The normalized spacial score (nSPS) is 23.6. The largest absolute Gasteiger partial charge is 0.299 e. The number of rotatable bonds is 3. The number of carbonyl (C=O) groups excluding carboxylic acids is 1. The third-order valence-electron chi connectivity index (χ3n) is 4.32. The van der Waals surface area contributed by atoms with Crippen LogP contribution < -0.4 is 0 Å². The van der Waals surface area contributed by atoms with Gasteiger partial charge in [-0.3, -0.25) is 4.79 Å². The van der Waals surface area contributed by atoms with Crippen molar-refractivity contribution in [2.24, 2.45) is 11.8 Å². The Morgan fingerprint density at radius 3 is 3.00 bits per heavy atom. The maximum Gasteiger partial charge on any atom is 0.140 e. The lowest BCUT2D eigenvalue weighted by Gasteiger charge is -2.25. The Morgan fingerprint density at radius 2 is 2.16 bits per heavy atom. The van der Waals surface area contributed by atoms with E-state index in [0.29, 0.717) is 18.1 Å². The first-order chi connectivity index (χ1) is 9.24. The first-order valence-corrected chi connectivity index (χ1v) is 8.10. The molecule has 1 aromatic heterocycles. The van der Waals surface area contributed by atoms with E-state index >= 15 is 0 Å². The third kappa shape index (κ3) is 2.74. The highest BCUT2D eigenvalue weighted by atomic mass is 32.1. The molecule has 0 N–H and O–H groups in total. The minimum absolute atomic E-state index is 0.308. The lowest BCUT2D eigenvalue weighted by Crippen LogP contribution is -2.23. The molecule has 1 nitrogen and oxygen atoms in total. The standard InChI is InChI=1S/C17H20OS/c1-12-5-4-6-13(9-12)16(18)10-14-11-19-17-8-3-2-7-15(14)17/h2-3,7-8,11-13H,4-6,9-10H2,1H3. The summed E-state index contributed by atoms with van der Waals surface area (Å²) in [4.78, 5) is 12.5. The molecule has 3 rings (SSSR count). The first-order valence-electron chi connectivity index (χ1n) is 7.22. The molecule has 0 bridgehead atoms. The Bertz CT molecular complexity index is 584. The number of hydrogen-bond acceptors (Lipinski definition) is 2. The Balaban J connectivity index is 1.75. The molecule has 1 aromatic carbocycles. The van der Waals surface area contributed by atoms with E-state index in [1.54, 1.807) is 11.3 Å². The van der Waals surface area contributed by atoms with Crippen LogP contribution in [0.15, 0.2) is 29.6 Å². The average molecular weight is 272 g/mol. The molecule has 1 aliphatic rings. The molecular weight excluding hydrogens is 252 g/mol. The quantitative estimate of drug-likeness (QED) is 0.781. The molecule has 2 heteroatoms. The molecule has 19 heavy (non-hydrogen) atoms. The van der Waals surface area contributed by atoms with Gasteiger partial charge in [-0.15, -0.1) is 11.3 Å². The zero-order chi connectivity index (χ0) is 13.2. The van der Waals surface area contributed by atoms with Gasteiger partial charge in [0, 0.05) is 17.0 Å². The van der Waals surface area contributed by atoms with Crippen LogP contribution in [0.2, 0.25) is 0 Å².